The van der Waals surface area contributed by atoms with Crippen molar-refractivity contribution in [2.45, 2.75) is 32.2 Å². The zero-order valence-corrected chi connectivity index (χ0v) is 12.5. The quantitative estimate of drug-likeness (QED) is 0.779. The van der Waals surface area contributed by atoms with Gasteiger partial charge in [-0.1, -0.05) is 6.07 Å². The van der Waals surface area contributed by atoms with Crippen molar-refractivity contribution in [2.75, 3.05) is 13.1 Å². The molecule has 0 aromatic heterocycles. The molecular formula is C15H18ClF2NO. The SMILES string of the molecule is CC(C)(C)N1C[C@@H](C(=O)Cl)[C@H](c2ccc(F)cc2F)C1. The Labute approximate surface area is 122 Å². The number of benzene rings is 1. The van der Waals surface area contributed by atoms with E-state index in [2.05, 4.69) is 4.90 Å². The van der Waals surface area contributed by atoms with Crippen molar-refractivity contribution < 1.29 is 13.6 Å². The van der Waals surface area contributed by atoms with Crippen LogP contribution in [0.1, 0.15) is 32.3 Å². The van der Waals surface area contributed by atoms with Gasteiger partial charge in [-0.15, -0.1) is 0 Å². The number of rotatable bonds is 2. The van der Waals surface area contributed by atoms with Crippen molar-refractivity contribution in [2.24, 2.45) is 5.92 Å². The predicted octanol–water partition coefficient (Wildman–Crippen LogP) is 3.54. The van der Waals surface area contributed by atoms with Gasteiger partial charge in [-0.05, 0) is 44.0 Å². The predicted molar refractivity (Wildman–Crippen MR) is 74.8 cm³/mol. The van der Waals surface area contributed by atoms with Crippen LogP contribution in [0.4, 0.5) is 8.78 Å². The molecule has 0 amide bonds. The lowest BCUT2D eigenvalue weighted by atomic mass is 9.89. The zero-order valence-electron chi connectivity index (χ0n) is 11.8. The van der Waals surface area contributed by atoms with E-state index in [9.17, 15) is 13.6 Å². The van der Waals surface area contributed by atoms with Crippen LogP contribution in [0.5, 0.6) is 0 Å². The maximum absolute atomic E-state index is 13.9. The van der Waals surface area contributed by atoms with E-state index < -0.39 is 22.8 Å². The molecule has 1 fully saturated rings. The highest BCUT2D eigenvalue weighted by Gasteiger charge is 2.42. The Bertz CT molecular complexity index is 527. The second-order valence-electron chi connectivity index (χ2n) is 6.26. The third-order valence-corrected chi connectivity index (χ3v) is 4.20. The maximum atomic E-state index is 13.9. The molecule has 0 saturated carbocycles. The molecule has 1 aliphatic rings. The first-order valence-corrected chi connectivity index (χ1v) is 6.97. The molecule has 1 heterocycles. The monoisotopic (exact) mass is 301 g/mol. The average molecular weight is 302 g/mol. The number of halogens is 3. The fraction of sp³-hybridized carbons (Fsp3) is 0.533. The van der Waals surface area contributed by atoms with E-state index in [4.69, 9.17) is 11.6 Å². The summed E-state index contributed by atoms with van der Waals surface area (Å²) in [6.45, 7) is 7.13. The Kier molecular flexibility index (Phi) is 4.17. The maximum Gasteiger partial charge on any atom is 0.226 e. The van der Waals surface area contributed by atoms with Crippen LogP contribution in [-0.2, 0) is 4.79 Å². The lowest BCUT2D eigenvalue weighted by molar-refractivity contribution is -0.115. The van der Waals surface area contributed by atoms with E-state index in [1.807, 2.05) is 20.8 Å². The van der Waals surface area contributed by atoms with Gasteiger partial charge in [-0.3, -0.25) is 9.69 Å². The Balaban J connectivity index is 2.35. The lowest BCUT2D eigenvalue weighted by Gasteiger charge is -2.31. The lowest BCUT2D eigenvalue weighted by Crippen LogP contribution is -2.39. The molecular weight excluding hydrogens is 284 g/mol. The van der Waals surface area contributed by atoms with Crippen molar-refractivity contribution in [3.63, 3.8) is 0 Å². The number of carbonyl (C=O) groups is 1. The van der Waals surface area contributed by atoms with Crippen LogP contribution in [0, 0.1) is 17.6 Å². The van der Waals surface area contributed by atoms with Crippen molar-refractivity contribution in [3.8, 4) is 0 Å². The summed E-state index contributed by atoms with van der Waals surface area (Å²) < 4.78 is 27.0. The first-order chi connectivity index (χ1) is 9.20. The molecule has 0 radical (unpaired) electrons. The molecule has 1 aromatic rings. The minimum absolute atomic E-state index is 0.129. The zero-order chi connectivity index (χ0) is 15.1. The van der Waals surface area contributed by atoms with Gasteiger partial charge in [0.2, 0.25) is 5.24 Å². The highest BCUT2D eigenvalue weighted by atomic mass is 35.5. The van der Waals surface area contributed by atoms with Crippen LogP contribution in [0.3, 0.4) is 0 Å². The Morgan fingerprint density at radius 2 is 1.95 bits per heavy atom. The van der Waals surface area contributed by atoms with Crippen molar-refractivity contribution in [1.82, 2.24) is 4.90 Å². The molecule has 5 heteroatoms. The largest absolute Gasteiger partial charge is 0.297 e. The first-order valence-electron chi connectivity index (χ1n) is 6.59. The Morgan fingerprint density at radius 3 is 2.45 bits per heavy atom. The second-order valence-corrected chi connectivity index (χ2v) is 6.63. The number of carbonyl (C=O) groups excluding carboxylic acids is 1. The van der Waals surface area contributed by atoms with Crippen LogP contribution >= 0.6 is 11.6 Å². The summed E-state index contributed by atoms with van der Waals surface area (Å²) in [5.74, 6) is -2.03. The first kappa shape index (κ1) is 15.4. The fourth-order valence-corrected chi connectivity index (χ4v) is 2.92. The highest BCUT2D eigenvalue weighted by Crippen LogP contribution is 2.38. The molecule has 1 saturated heterocycles. The number of nitrogens with zero attached hydrogens (tertiary/aromatic N) is 1. The molecule has 2 nitrogen and oxygen atoms in total. The molecule has 0 bridgehead atoms. The second kappa shape index (κ2) is 5.41. The van der Waals surface area contributed by atoms with Gasteiger partial charge in [0, 0.05) is 30.6 Å². The van der Waals surface area contributed by atoms with Crippen molar-refractivity contribution in [1.29, 1.82) is 0 Å². The van der Waals surface area contributed by atoms with Crippen molar-refractivity contribution in [3.05, 3.63) is 35.4 Å². The molecule has 2 atom stereocenters. The molecule has 110 valence electrons. The summed E-state index contributed by atoms with van der Waals surface area (Å²) in [5, 5.41) is -0.467. The van der Waals surface area contributed by atoms with Crippen LogP contribution in [0.15, 0.2) is 18.2 Å². The van der Waals surface area contributed by atoms with Gasteiger partial charge in [-0.25, -0.2) is 8.78 Å². The van der Waals surface area contributed by atoms with E-state index >= 15 is 0 Å². The van der Waals surface area contributed by atoms with Crippen LogP contribution in [0.25, 0.3) is 0 Å². The van der Waals surface area contributed by atoms with Gasteiger partial charge in [0.25, 0.3) is 0 Å². The average Bonchev–Trinajstić information content (AvgIpc) is 2.73. The molecule has 2 rings (SSSR count). The van der Waals surface area contributed by atoms with Crippen LogP contribution < -0.4 is 0 Å². The van der Waals surface area contributed by atoms with Crippen LogP contribution in [-0.4, -0.2) is 28.8 Å². The Morgan fingerprint density at radius 1 is 1.30 bits per heavy atom. The molecule has 1 aromatic carbocycles. The third-order valence-electron chi connectivity index (χ3n) is 3.92. The molecule has 0 aliphatic carbocycles. The van der Waals surface area contributed by atoms with E-state index in [1.54, 1.807) is 0 Å². The fourth-order valence-electron chi connectivity index (χ4n) is 2.70. The highest BCUT2D eigenvalue weighted by molar-refractivity contribution is 6.64. The summed E-state index contributed by atoms with van der Waals surface area (Å²) in [5.41, 5.74) is 0.229. The van der Waals surface area contributed by atoms with E-state index in [-0.39, 0.29) is 11.5 Å². The molecule has 0 unspecified atom stereocenters. The van der Waals surface area contributed by atoms with Gasteiger partial charge in [0.1, 0.15) is 11.6 Å². The number of hydrogen-bond donors (Lipinski definition) is 0. The van der Waals surface area contributed by atoms with Gasteiger partial charge < -0.3 is 0 Å². The van der Waals surface area contributed by atoms with Gasteiger partial charge >= 0.3 is 0 Å². The topological polar surface area (TPSA) is 20.3 Å². The summed E-state index contributed by atoms with van der Waals surface area (Å²) >= 11 is 5.67. The van der Waals surface area contributed by atoms with Crippen molar-refractivity contribution >= 4 is 16.8 Å². The molecule has 0 N–H and O–H groups in total. The Hall–Kier alpha value is -1.00. The normalized spacial score (nSPS) is 24.1. The smallest absolute Gasteiger partial charge is 0.226 e. The standard InChI is InChI=1S/C15H18ClF2NO/c1-15(2,3)19-7-11(12(8-19)14(16)20)10-5-4-9(17)6-13(10)18/h4-6,11-12H,7-8H2,1-3H3/t11-,12+/m0/s1. The summed E-state index contributed by atoms with van der Waals surface area (Å²) in [4.78, 5) is 13.7. The third kappa shape index (κ3) is 3.01. The van der Waals surface area contributed by atoms with E-state index in [1.165, 1.54) is 12.1 Å². The van der Waals surface area contributed by atoms with Gasteiger partial charge in [-0.2, -0.15) is 0 Å². The minimum Gasteiger partial charge on any atom is -0.297 e. The summed E-state index contributed by atoms with van der Waals surface area (Å²) in [7, 11) is 0. The summed E-state index contributed by atoms with van der Waals surface area (Å²) in [6, 6.07) is 3.48. The number of hydrogen-bond acceptors (Lipinski definition) is 2. The molecule has 1 aliphatic heterocycles. The van der Waals surface area contributed by atoms with Gasteiger partial charge in [0.15, 0.2) is 0 Å². The minimum atomic E-state index is -0.620. The van der Waals surface area contributed by atoms with E-state index in [0.717, 1.165) is 6.07 Å². The summed E-state index contributed by atoms with van der Waals surface area (Å²) in [6.07, 6.45) is 0. The van der Waals surface area contributed by atoms with Crippen LogP contribution in [0.2, 0.25) is 0 Å². The molecule has 0 spiro atoms. The van der Waals surface area contributed by atoms with E-state index in [0.29, 0.717) is 18.7 Å². The number of likely N-dealkylation sites (tertiary alicyclic amines) is 1. The van der Waals surface area contributed by atoms with Gasteiger partial charge in [0.05, 0.1) is 5.92 Å². The molecule has 20 heavy (non-hydrogen) atoms.